The zero-order chi connectivity index (χ0) is 7.11. The lowest BCUT2D eigenvalue weighted by molar-refractivity contribution is -0.127. The average molecular weight is 129 g/mol. The molecule has 0 spiro atoms. The number of hydrogen-bond acceptors (Lipinski definition) is 3. The van der Waals surface area contributed by atoms with E-state index >= 15 is 0 Å². The maximum absolute atomic E-state index is 9.66. The van der Waals surface area contributed by atoms with E-state index < -0.39 is 0 Å². The molecule has 0 saturated heterocycles. The maximum atomic E-state index is 9.66. The molecule has 1 N–H and O–H groups in total. The van der Waals surface area contributed by atoms with Gasteiger partial charge in [-0.05, 0) is 6.92 Å². The van der Waals surface area contributed by atoms with Crippen molar-refractivity contribution < 1.29 is 9.53 Å². The van der Waals surface area contributed by atoms with E-state index in [1.54, 1.807) is 7.05 Å². The lowest BCUT2D eigenvalue weighted by Crippen LogP contribution is -2.11. The number of allylic oxidation sites excluding steroid dienone is 1. The lowest BCUT2D eigenvalue weighted by Gasteiger charge is -2.02. The minimum atomic E-state index is 0.330. The van der Waals surface area contributed by atoms with Gasteiger partial charge in [0.15, 0.2) is 0 Å². The van der Waals surface area contributed by atoms with Gasteiger partial charge in [-0.3, -0.25) is 4.79 Å². The standard InChI is InChI=1S/C6H11NO2/c1-3-6(7-2)4-9-5-8/h3,5,7H,4H2,1-2H3. The van der Waals surface area contributed by atoms with E-state index in [4.69, 9.17) is 0 Å². The SMILES string of the molecule is CC=C(COC=O)NC. The Hall–Kier alpha value is -0.990. The highest BCUT2D eigenvalue weighted by molar-refractivity contribution is 5.37. The van der Waals surface area contributed by atoms with Crippen molar-refractivity contribution >= 4 is 6.47 Å². The van der Waals surface area contributed by atoms with Crippen molar-refractivity contribution in [2.75, 3.05) is 13.7 Å². The van der Waals surface area contributed by atoms with Crippen molar-refractivity contribution in [1.29, 1.82) is 0 Å². The first-order chi connectivity index (χ1) is 4.35. The van der Waals surface area contributed by atoms with E-state index in [-0.39, 0.29) is 0 Å². The summed E-state index contributed by atoms with van der Waals surface area (Å²) in [5.41, 5.74) is 0.905. The number of nitrogens with one attached hydrogen (secondary N) is 1. The molecule has 0 aromatic carbocycles. The van der Waals surface area contributed by atoms with Crippen molar-refractivity contribution in [2.45, 2.75) is 6.92 Å². The van der Waals surface area contributed by atoms with Gasteiger partial charge in [0.1, 0.15) is 6.61 Å². The summed E-state index contributed by atoms with van der Waals surface area (Å²) in [6, 6.07) is 0. The third-order valence-corrected chi connectivity index (χ3v) is 0.976. The van der Waals surface area contributed by atoms with Crippen LogP contribution in [0.25, 0.3) is 0 Å². The van der Waals surface area contributed by atoms with Gasteiger partial charge in [0.05, 0.1) is 0 Å². The molecule has 0 rings (SSSR count). The lowest BCUT2D eigenvalue weighted by atomic mass is 10.4. The van der Waals surface area contributed by atoms with Crippen LogP contribution in [0, 0.1) is 0 Å². The molecule has 0 aliphatic carbocycles. The maximum Gasteiger partial charge on any atom is 0.293 e. The Morgan fingerprint density at radius 1 is 1.78 bits per heavy atom. The zero-order valence-electron chi connectivity index (χ0n) is 5.68. The largest absolute Gasteiger partial charge is 0.462 e. The fraction of sp³-hybridized carbons (Fsp3) is 0.500. The minimum Gasteiger partial charge on any atom is -0.462 e. The molecule has 0 aliphatic rings. The van der Waals surface area contributed by atoms with Crippen LogP contribution in [0.3, 0.4) is 0 Å². The van der Waals surface area contributed by atoms with Crippen LogP contribution in [-0.2, 0) is 9.53 Å². The van der Waals surface area contributed by atoms with Crippen LogP contribution in [0.4, 0.5) is 0 Å². The molecule has 0 radical (unpaired) electrons. The van der Waals surface area contributed by atoms with Crippen LogP contribution in [0.5, 0.6) is 0 Å². The number of likely N-dealkylation sites (N-methyl/N-ethyl adjacent to an activating group) is 1. The molecule has 0 fully saturated rings. The van der Waals surface area contributed by atoms with Gasteiger partial charge in [-0.15, -0.1) is 0 Å². The molecule has 0 heterocycles. The van der Waals surface area contributed by atoms with Crippen LogP contribution in [0.15, 0.2) is 11.8 Å². The number of carbonyl (C=O) groups excluding carboxylic acids is 1. The normalized spacial score (nSPS) is 10.7. The van der Waals surface area contributed by atoms with Gasteiger partial charge < -0.3 is 10.1 Å². The molecule has 0 unspecified atom stereocenters. The Kier molecular flexibility index (Phi) is 4.59. The van der Waals surface area contributed by atoms with Crippen LogP contribution < -0.4 is 5.32 Å². The molecule has 9 heavy (non-hydrogen) atoms. The second-order valence-corrected chi connectivity index (χ2v) is 1.47. The van der Waals surface area contributed by atoms with E-state index in [1.165, 1.54) is 0 Å². The molecule has 0 bridgehead atoms. The van der Waals surface area contributed by atoms with Crippen LogP contribution in [0.1, 0.15) is 6.92 Å². The van der Waals surface area contributed by atoms with Gasteiger partial charge >= 0.3 is 0 Å². The average Bonchev–Trinajstić information content (AvgIpc) is 1.91. The molecule has 0 aliphatic heterocycles. The number of hydrogen-bond donors (Lipinski definition) is 1. The molecule has 0 amide bonds. The van der Waals surface area contributed by atoms with Gasteiger partial charge in [0, 0.05) is 12.7 Å². The van der Waals surface area contributed by atoms with Gasteiger partial charge in [-0.2, -0.15) is 0 Å². The Bertz CT molecular complexity index is 110. The molecule has 3 heteroatoms. The Morgan fingerprint density at radius 3 is 2.78 bits per heavy atom. The van der Waals surface area contributed by atoms with Crippen molar-refractivity contribution in [3.63, 3.8) is 0 Å². The summed E-state index contributed by atoms with van der Waals surface area (Å²) in [6.45, 7) is 2.64. The van der Waals surface area contributed by atoms with E-state index in [9.17, 15) is 4.79 Å². The highest BCUT2D eigenvalue weighted by Gasteiger charge is 1.88. The van der Waals surface area contributed by atoms with Gasteiger partial charge in [0.25, 0.3) is 6.47 Å². The minimum absolute atomic E-state index is 0.330. The van der Waals surface area contributed by atoms with Gasteiger partial charge in [0.2, 0.25) is 0 Å². The van der Waals surface area contributed by atoms with Crippen molar-refractivity contribution in [1.82, 2.24) is 5.32 Å². The van der Waals surface area contributed by atoms with E-state index in [1.807, 2.05) is 13.0 Å². The number of carbonyl (C=O) groups is 1. The number of rotatable bonds is 4. The van der Waals surface area contributed by atoms with Crippen molar-refractivity contribution in [2.24, 2.45) is 0 Å². The summed E-state index contributed by atoms with van der Waals surface area (Å²) in [5, 5.41) is 2.86. The third-order valence-electron chi connectivity index (χ3n) is 0.976. The smallest absolute Gasteiger partial charge is 0.293 e. The Balaban J connectivity index is 3.44. The van der Waals surface area contributed by atoms with Gasteiger partial charge in [-0.25, -0.2) is 0 Å². The highest BCUT2D eigenvalue weighted by atomic mass is 16.5. The van der Waals surface area contributed by atoms with Crippen LogP contribution in [0.2, 0.25) is 0 Å². The van der Waals surface area contributed by atoms with Crippen LogP contribution in [-0.4, -0.2) is 20.1 Å². The predicted molar refractivity (Wildman–Crippen MR) is 34.8 cm³/mol. The summed E-state index contributed by atoms with van der Waals surface area (Å²) < 4.78 is 4.47. The van der Waals surface area contributed by atoms with Gasteiger partial charge in [-0.1, -0.05) is 6.08 Å². The second-order valence-electron chi connectivity index (χ2n) is 1.47. The quantitative estimate of drug-likeness (QED) is 0.554. The summed E-state index contributed by atoms with van der Waals surface area (Å²) in [5.74, 6) is 0. The topological polar surface area (TPSA) is 38.3 Å². The predicted octanol–water partition coefficient (Wildman–Crippen LogP) is 0.283. The van der Waals surface area contributed by atoms with Crippen LogP contribution >= 0.6 is 0 Å². The number of ether oxygens (including phenoxy) is 1. The monoisotopic (exact) mass is 129 g/mol. The third kappa shape index (κ3) is 3.58. The molecule has 52 valence electrons. The fourth-order valence-corrected chi connectivity index (χ4v) is 0.424. The Morgan fingerprint density at radius 2 is 2.44 bits per heavy atom. The van der Waals surface area contributed by atoms with E-state index in [0.29, 0.717) is 13.1 Å². The second kappa shape index (κ2) is 5.15. The van der Waals surface area contributed by atoms with Crippen molar-refractivity contribution in [3.8, 4) is 0 Å². The highest BCUT2D eigenvalue weighted by Crippen LogP contribution is 1.85. The molecule has 3 nitrogen and oxygen atoms in total. The molecule has 0 saturated carbocycles. The summed E-state index contributed by atoms with van der Waals surface area (Å²) in [7, 11) is 1.78. The first-order valence-electron chi connectivity index (χ1n) is 2.73. The van der Waals surface area contributed by atoms with Crippen molar-refractivity contribution in [3.05, 3.63) is 11.8 Å². The summed E-state index contributed by atoms with van der Waals surface area (Å²) in [6.07, 6.45) is 1.85. The van der Waals surface area contributed by atoms with E-state index in [0.717, 1.165) is 5.70 Å². The fourth-order valence-electron chi connectivity index (χ4n) is 0.424. The summed E-state index contributed by atoms with van der Waals surface area (Å²) >= 11 is 0. The molecular formula is C6H11NO2. The molecular weight excluding hydrogens is 118 g/mol. The summed E-state index contributed by atoms with van der Waals surface area (Å²) in [4.78, 5) is 9.66. The zero-order valence-corrected chi connectivity index (χ0v) is 5.68. The Labute approximate surface area is 54.7 Å². The molecule has 0 atom stereocenters. The molecule has 0 aromatic heterocycles. The molecule has 0 aromatic rings. The van der Waals surface area contributed by atoms with E-state index in [2.05, 4.69) is 10.1 Å². The first-order valence-corrected chi connectivity index (χ1v) is 2.73. The first kappa shape index (κ1) is 8.01.